The van der Waals surface area contributed by atoms with Gasteiger partial charge in [-0.25, -0.2) is 13.1 Å². The van der Waals surface area contributed by atoms with E-state index in [2.05, 4.69) is 9.62 Å². The standard InChI is InChI=1S/C20H32N2O3S/c1-16-13-17(2)19(18(3)14-16)26(23,24)21-15-20(7-5-4-6-8-20)22-9-11-25-12-10-22/h13-14,21H,4-12,15H2,1-3H3. The Kier molecular flexibility index (Phi) is 6.07. The fourth-order valence-electron chi connectivity index (χ4n) is 4.74. The van der Waals surface area contributed by atoms with Crippen molar-refractivity contribution in [3.63, 3.8) is 0 Å². The van der Waals surface area contributed by atoms with Crippen LogP contribution in [-0.4, -0.2) is 51.7 Å². The minimum absolute atomic E-state index is 0.0679. The van der Waals surface area contributed by atoms with Gasteiger partial charge in [-0.3, -0.25) is 4.90 Å². The van der Waals surface area contributed by atoms with E-state index < -0.39 is 10.0 Å². The van der Waals surface area contributed by atoms with Crippen LogP contribution in [0, 0.1) is 20.8 Å². The third-order valence-corrected chi connectivity index (χ3v) is 7.64. The lowest BCUT2D eigenvalue weighted by molar-refractivity contribution is -0.0348. The van der Waals surface area contributed by atoms with Gasteiger partial charge in [0, 0.05) is 25.2 Å². The van der Waals surface area contributed by atoms with Gasteiger partial charge in [-0.2, -0.15) is 0 Å². The van der Waals surface area contributed by atoms with Crippen LogP contribution >= 0.6 is 0 Å². The third-order valence-electron chi connectivity index (χ3n) is 5.93. The van der Waals surface area contributed by atoms with Gasteiger partial charge in [-0.1, -0.05) is 37.0 Å². The summed E-state index contributed by atoms with van der Waals surface area (Å²) in [4.78, 5) is 2.91. The van der Waals surface area contributed by atoms with Crippen molar-refractivity contribution in [1.29, 1.82) is 0 Å². The second-order valence-electron chi connectivity index (χ2n) is 7.94. The number of sulfonamides is 1. The zero-order valence-corrected chi connectivity index (χ0v) is 17.1. The minimum atomic E-state index is -3.52. The van der Waals surface area contributed by atoms with E-state index in [0.717, 1.165) is 55.8 Å². The molecule has 0 radical (unpaired) electrons. The van der Waals surface area contributed by atoms with Gasteiger partial charge in [0.05, 0.1) is 18.1 Å². The molecule has 26 heavy (non-hydrogen) atoms. The Morgan fingerprint density at radius 1 is 1.04 bits per heavy atom. The first-order valence-corrected chi connectivity index (χ1v) is 11.2. The first-order chi connectivity index (χ1) is 12.3. The molecule has 0 bridgehead atoms. The summed E-state index contributed by atoms with van der Waals surface area (Å²) < 4.78 is 34.7. The normalized spacial score (nSPS) is 21.7. The molecular formula is C20H32N2O3S. The highest BCUT2D eigenvalue weighted by molar-refractivity contribution is 7.89. The molecule has 0 atom stereocenters. The molecule has 1 aliphatic carbocycles. The molecule has 2 fully saturated rings. The maximum absolute atomic E-state index is 13.1. The van der Waals surface area contributed by atoms with E-state index in [1.165, 1.54) is 19.3 Å². The quantitative estimate of drug-likeness (QED) is 0.853. The number of aryl methyl sites for hydroxylation is 3. The van der Waals surface area contributed by atoms with Crippen molar-refractivity contribution in [1.82, 2.24) is 9.62 Å². The maximum atomic E-state index is 13.1. The summed E-state index contributed by atoms with van der Waals surface area (Å²) in [6, 6.07) is 3.89. The number of nitrogens with one attached hydrogen (secondary N) is 1. The molecule has 0 unspecified atom stereocenters. The Labute approximate surface area is 158 Å². The van der Waals surface area contributed by atoms with E-state index >= 15 is 0 Å². The highest BCUT2D eigenvalue weighted by Gasteiger charge is 2.39. The van der Waals surface area contributed by atoms with Gasteiger partial charge < -0.3 is 4.74 Å². The van der Waals surface area contributed by atoms with Crippen molar-refractivity contribution in [3.8, 4) is 0 Å². The van der Waals surface area contributed by atoms with Crippen molar-refractivity contribution in [2.24, 2.45) is 0 Å². The predicted molar refractivity (Wildman–Crippen MR) is 104 cm³/mol. The van der Waals surface area contributed by atoms with Crippen LogP contribution in [-0.2, 0) is 14.8 Å². The van der Waals surface area contributed by atoms with Gasteiger partial charge in [0.1, 0.15) is 0 Å². The van der Waals surface area contributed by atoms with E-state index in [-0.39, 0.29) is 5.54 Å². The second-order valence-corrected chi connectivity index (χ2v) is 9.64. The number of morpholine rings is 1. The minimum Gasteiger partial charge on any atom is -0.379 e. The van der Waals surface area contributed by atoms with Crippen LogP contribution in [0.2, 0.25) is 0 Å². The summed E-state index contributed by atoms with van der Waals surface area (Å²) in [5.41, 5.74) is 2.66. The molecule has 146 valence electrons. The summed E-state index contributed by atoms with van der Waals surface area (Å²) in [6.07, 6.45) is 5.70. The van der Waals surface area contributed by atoms with Crippen LogP contribution in [0.4, 0.5) is 0 Å². The monoisotopic (exact) mass is 380 g/mol. The molecule has 0 aromatic heterocycles. The fraction of sp³-hybridized carbons (Fsp3) is 0.700. The Balaban J connectivity index is 1.82. The molecule has 1 aromatic carbocycles. The first kappa shape index (κ1) is 19.8. The predicted octanol–water partition coefficient (Wildman–Crippen LogP) is 2.93. The Morgan fingerprint density at radius 3 is 2.19 bits per heavy atom. The zero-order valence-electron chi connectivity index (χ0n) is 16.3. The summed E-state index contributed by atoms with van der Waals surface area (Å²) in [5, 5.41) is 0. The van der Waals surface area contributed by atoms with E-state index in [1.807, 2.05) is 32.9 Å². The number of hydrogen-bond donors (Lipinski definition) is 1. The van der Waals surface area contributed by atoms with Crippen molar-refractivity contribution in [2.45, 2.75) is 63.3 Å². The second kappa shape index (κ2) is 7.97. The van der Waals surface area contributed by atoms with E-state index in [9.17, 15) is 8.42 Å². The van der Waals surface area contributed by atoms with Crippen molar-refractivity contribution < 1.29 is 13.2 Å². The van der Waals surface area contributed by atoms with Crippen LogP contribution < -0.4 is 4.72 Å². The molecule has 0 spiro atoms. The van der Waals surface area contributed by atoms with Gasteiger partial charge in [0.2, 0.25) is 10.0 Å². The molecule has 1 heterocycles. The van der Waals surface area contributed by atoms with Crippen molar-refractivity contribution in [3.05, 3.63) is 28.8 Å². The van der Waals surface area contributed by atoms with Gasteiger partial charge in [-0.05, 0) is 44.7 Å². The summed E-state index contributed by atoms with van der Waals surface area (Å²) >= 11 is 0. The molecule has 6 heteroatoms. The number of nitrogens with zero attached hydrogens (tertiary/aromatic N) is 1. The Hall–Kier alpha value is -0.950. The number of hydrogen-bond acceptors (Lipinski definition) is 4. The molecular weight excluding hydrogens is 348 g/mol. The summed E-state index contributed by atoms with van der Waals surface area (Å²) in [5.74, 6) is 0. The first-order valence-electron chi connectivity index (χ1n) is 9.74. The van der Waals surface area contributed by atoms with Gasteiger partial charge in [-0.15, -0.1) is 0 Å². The summed E-state index contributed by atoms with van der Waals surface area (Å²) in [6.45, 7) is 9.52. The van der Waals surface area contributed by atoms with Crippen molar-refractivity contribution >= 4 is 10.0 Å². The molecule has 1 saturated heterocycles. The largest absolute Gasteiger partial charge is 0.379 e. The average molecular weight is 381 g/mol. The molecule has 1 aliphatic heterocycles. The van der Waals surface area contributed by atoms with Crippen LogP contribution in [0.3, 0.4) is 0 Å². The SMILES string of the molecule is Cc1cc(C)c(S(=O)(=O)NCC2(N3CCOCC3)CCCCC2)c(C)c1. The van der Waals surface area contributed by atoms with Crippen LogP contribution in [0.25, 0.3) is 0 Å². The highest BCUT2D eigenvalue weighted by Crippen LogP contribution is 2.34. The highest BCUT2D eigenvalue weighted by atomic mass is 32.2. The molecule has 1 N–H and O–H groups in total. The molecule has 1 saturated carbocycles. The number of benzene rings is 1. The maximum Gasteiger partial charge on any atom is 0.241 e. The van der Waals surface area contributed by atoms with E-state index in [1.54, 1.807) is 0 Å². The summed E-state index contributed by atoms with van der Waals surface area (Å²) in [7, 11) is -3.52. The Bertz CT molecular complexity index is 710. The van der Waals surface area contributed by atoms with Crippen LogP contribution in [0.15, 0.2) is 17.0 Å². The van der Waals surface area contributed by atoms with Gasteiger partial charge >= 0.3 is 0 Å². The van der Waals surface area contributed by atoms with Gasteiger partial charge in [0.25, 0.3) is 0 Å². The molecule has 1 aromatic rings. The lowest BCUT2D eigenvalue weighted by Gasteiger charge is -2.48. The third kappa shape index (κ3) is 4.14. The zero-order chi connectivity index (χ0) is 18.8. The lowest BCUT2D eigenvalue weighted by atomic mass is 9.80. The van der Waals surface area contributed by atoms with E-state index in [0.29, 0.717) is 11.4 Å². The number of ether oxygens (including phenoxy) is 1. The molecule has 0 amide bonds. The lowest BCUT2D eigenvalue weighted by Crippen LogP contribution is -2.59. The topological polar surface area (TPSA) is 58.6 Å². The van der Waals surface area contributed by atoms with E-state index in [4.69, 9.17) is 4.74 Å². The van der Waals surface area contributed by atoms with Gasteiger partial charge in [0.15, 0.2) is 0 Å². The average Bonchev–Trinajstić information content (AvgIpc) is 2.60. The Morgan fingerprint density at radius 2 is 1.62 bits per heavy atom. The molecule has 2 aliphatic rings. The van der Waals surface area contributed by atoms with Crippen LogP contribution in [0.1, 0.15) is 48.8 Å². The molecule has 3 rings (SSSR count). The molecule has 5 nitrogen and oxygen atoms in total. The van der Waals surface area contributed by atoms with Crippen molar-refractivity contribution in [2.75, 3.05) is 32.8 Å². The smallest absolute Gasteiger partial charge is 0.241 e. The van der Waals surface area contributed by atoms with Crippen LogP contribution in [0.5, 0.6) is 0 Å². The fourth-order valence-corrected chi connectivity index (χ4v) is 6.31. The number of rotatable bonds is 5.